The molecule has 5 N–H and O–H groups in total. The summed E-state index contributed by atoms with van der Waals surface area (Å²) in [6.07, 6.45) is 3.56. The average Bonchev–Trinajstić information content (AvgIpc) is 2.14. The van der Waals surface area contributed by atoms with Crippen LogP contribution in [0.3, 0.4) is 0 Å². The van der Waals surface area contributed by atoms with Gasteiger partial charge in [-0.15, -0.1) is 0 Å². The summed E-state index contributed by atoms with van der Waals surface area (Å²) in [5.41, 5.74) is 12.6. The van der Waals surface area contributed by atoms with E-state index in [2.05, 4.69) is 4.98 Å². The molecule has 0 radical (unpaired) electrons. The highest BCUT2D eigenvalue weighted by Crippen LogP contribution is 2.16. The molecule has 5 heteroatoms. The molecule has 1 aromatic heterocycles. The van der Waals surface area contributed by atoms with Gasteiger partial charge in [-0.1, -0.05) is 0 Å². The summed E-state index contributed by atoms with van der Waals surface area (Å²) < 4.78 is 0. The molecule has 0 spiro atoms. The third-order valence-electron chi connectivity index (χ3n) is 1.88. The number of carbonyl (C=O) groups is 1. The lowest BCUT2D eigenvalue weighted by Gasteiger charge is -2.10. The number of rotatable bonds is 4. The Labute approximate surface area is 81.7 Å². The van der Waals surface area contributed by atoms with Crippen LogP contribution in [0.25, 0.3) is 0 Å². The molecule has 0 saturated heterocycles. The van der Waals surface area contributed by atoms with Crippen molar-refractivity contribution in [1.29, 1.82) is 0 Å². The second kappa shape index (κ2) is 4.57. The lowest BCUT2D eigenvalue weighted by atomic mass is 10.0. The highest BCUT2D eigenvalue weighted by molar-refractivity contribution is 5.66. The first-order chi connectivity index (χ1) is 6.59. The summed E-state index contributed by atoms with van der Waals surface area (Å²) in [7, 11) is 0. The summed E-state index contributed by atoms with van der Waals surface area (Å²) >= 11 is 0. The molecular weight excluding hydrogens is 182 g/mol. The number of nitrogens with zero attached hydrogens (tertiary/aromatic N) is 1. The summed E-state index contributed by atoms with van der Waals surface area (Å²) in [4.78, 5) is 14.2. The van der Waals surface area contributed by atoms with Crippen LogP contribution in [0, 0.1) is 0 Å². The molecular formula is C9H13N3O2. The van der Waals surface area contributed by atoms with E-state index in [4.69, 9.17) is 16.6 Å². The minimum Gasteiger partial charge on any atom is -0.481 e. The molecule has 1 heterocycles. The largest absolute Gasteiger partial charge is 0.481 e. The standard InChI is InChI=1S/C9H13N3O2/c10-7-3-6(4-12-5-7)8(11)1-2-9(13)14/h3-5,8H,1-2,10-11H2,(H,13,14). The fourth-order valence-corrected chi connectivity index (χ4v) is 1.12. The van der Waals surface area contributed by atoms with Gasteiger partial charge in [-0.05, 0) is 18.1 Å². The Hall–Kier alpha value is -1.62. The summed E-state index contributed by atoms with van der Waals surface area (Å²) in [5.74, 6) is -0.850. The Balaban J connectivity index is 2.60. The zero-order valence-corrected chi connectivity index (χ0v) is 7.68. The lowest BCUT2D eigenvalue weighted by molar-refractivity contribution is -0.137. The Morgan fingerprint density at radius 1 is 1.57 bits per heavy atom. The third-order valence-corrected chi connectivity index (χ3v) is 1.88. The molecule has 1 aromatic rings. The fourth-order valence-electron chi connectivity index (χ4n) is 1.12. The second-order valence-corrected chi connectivity index (χ2v) is 3.09. The number of aromatic nitrogens is 1. The second-order valence-electron chi connectivity index (χ2n) is 3.09. The number of aliphatic carboxylic acids is 1. The lowest BCUT2D eigenvalue weighted by Crippen LogP contribution is -2.12. The maximum absolute atomic E-state index is 10.3. The molecule has 0 amide bonds. The minimum atomic E-state index is -0.850. The number of carboxylic acid groups (broad SMARTS) is 1. The van der Waals surface area contributed by atoms with Gasteiger partial charge in [0.05, 0.1) is 5.69 Å². The molecule has 1 unspecified atom stereocenters. The Morgan fingerprint density at radius 2 is 2.29 bits per heavy atom. The van der Waals surface area contributed by atoms with Crippen LogP contribution >= 0.6 is 0 Å². The van der Waals surface area contributed by atoms with E-state index in [1.54, 1.807) is 12.3 Å². The maximum atomic E-state index is 10.3. The van der Waals surface area contributed by atoms with Gasteiger partial charge in [0.1, 0.15) is 0 Å². The molecule has 0 aliphatic rings. The van der Waals surface area contributed by atoms with Gasteiger partial charge in [-0.2, -0.15) is 0 Å². The SMILES string of the molecule is Nc1cncc(C(N)CCC(=O)O)c1. The van der Waals surface area contributed by atoms with E-state index in [1.807, 2.05) is 0 Å². The van der Waals surface area contributed by atoms with Gasteiger partial charge in [0, 0.05) is 24.9 Å². The van der Waals surface area contributed by atoms with Crippen molar-refractivity contribution in [1.82, 2.24) is 4.98 Å². The zero-order valence-electron chi connectivity index (χ0n) is 7.68. The first kappa shape index (κ1) is 10.5. The first-order valence-electron chi connectivity index (χ1n) is 4.27. The van der Waals surface area contributed by atoms with Crippen LogP contribution in [0.1, 0.15) is 24.4 Å². The molecule has 0 aliphatic carbocycles. The van der Waals surface area contributed by atoms with Crippen LogP contribution in [-0.4, -0.2) is 16.1 Å². The van der Waals surface area contributed by atoms with Gasteiger partial charge >= 0.3 is 5.97 Å². The van der Waals surface area contributed by atoms with Gasteiger partial charge < -0.3 is 16.6 Å². The number of hydrogen-bond acceptors (Lipinski definition) is 4. The number of pyridine rings is 1. The van der Waals surface area contributed by atoms with Gasteiger partial charge in [-0.25, -0.2) is 0 Å². The Morgan fingerprint density at radius 3 is 2.86 bits per heavy atom. The molecule has 76 valence electrons. The number of nitrogen functional groups attached to an aromatic ring is 1. The number of carboxylic acids is 1. The first-order valence-corrected chi connectivity index (χ1v) is 4.27. The van der Waals surface area contributed by atoms with E-state index < -0.39 is 5.97 Å². The Kier molecular flexibility index (Phi) is 3.41. The van der Waals surface area contributed by atoms with Crippen LogP contribution in [0.2, 0.25) is 0 Å². The third kappa shape index (κ3) is 3.02. The van der Waals surface area contributed by atoms with Gasteiger partial charge in [0.25, 0.3) is 0 Å². The van der Waals surface area contributed by atoms with Crippen molar-refractivity contribution in [3.05, 3.63) is 24.0 Å². The van der Waals surface area contributed by atoms with Crippen molar-refractivity contribution in [3.8, 4) is 0 Å². The van der Waals surface area contributed by atoms with Crippen molar-refractivity contribution in [2.75, 3.05) is 5.73 Å². The molecule has 0 bridgehead atoms. The summed E-state index contributed by atoms with van der Waals surface area (Å²) in [6, 6.07) is 1.39. The van der Waals surface area contributed by atoms with Crippen LogP contribution < -0.4 is 11.5 Å². The number of hydrogen-bond donors (Lipinski definition) is 3. The average molecular weight is 195 g/mol. The van der Waals surface area contributed by atoms with E-state index in [1.165, 1.54) is 6.20 Å². The predicted molar refractivity (Wildman–Crippen MR) is 52.4 cm³/mol. The van der Waals surface area contributed by atoms with Crippen LogP contribution in [-0.2, 0) is 4.79 Å². The van der Waals surface area contributed by atoms with E-state index >= 15 is 0 Å². The van der Waals surface area contributed by atoms with Crippen LogP contribution in [0.5, 0.6) is 0 Å². The van der Waals surface area contributed by atoms with E-state index in [0.717, 1.165) is 5.56 Å². The highest BCUT2D eigenvalue weighted by Gasteiger charge is 2.08. The van der Waals surface area contributed by atoms with Crippen molar-refractivity contribution in [2.24, 2.45) is 5.73 Å². The minimum absolute atomic E-state index is 0.0516. The number of anilines is 1. The van der Waals surface area contributed by atoms with Crippen molar-refractivity contribution < 1.29 is 9.90 Å². The number of nitrogens with two attached hydrogens (primary N) is 2. The highest BCUT2D eigenvalue weighted by atomic mass is 16.4. The Bertz CT molecular complexity index is 328. The van der Waals surface area contributed by atoms with E-state index in [-0.39, 0.29) is 12.5 Å². The van der Waals surface area contributed by atoms with Crippen LogP contribution in [0.4, 0.5) is 5.69 Å². The summed E-state index contributed by atoms with van der Waals surface area (Å²) in [6.45, 7) is 0. The van der Waals surface area contributed by atoms with Crippen molar-refractivity contribution in [2.45, 2.75) is 18.9 Å². The fraction of sp³-hybridized carbons (Fsp3) is 0.333. The molecule has 1 atom stereocenters. The predicted octanol–water partition coefficient (Wildman–Crippen LogP) is 0.528. The molecule has 0 aliphatic heterocycles. The van der Waals surface area contributed by atoms with Crippen molar-refractivity contribution in [3.63, 3.8) is 0 Å². The van der Waals surface area contributed by atoms with Gasteiger partial charge in [0.2, 0.25) is 0 Å². The van der Waals surface area contributed by atoms with Gasteiger partial charge in [-0.3, -0.25) is 9.78 Å². The molecule has 5 nitrogen and oxygen atoms in total. The van der Waals surface area contributed by atoms with Crippen molar-refractivity contribution >= 4 is 11.7 Å². The van der Waals surface area contributed by atoms with Crippen LogP contribution in [0.15, 0.2) is 18.5 Å². The molecule has 0 aromatic carbocycles. The topological polar surface area (TPSA) is 102 Å². The zero-order chi connectivity index (χ0) is 10.6. The molecule has 14 heavy (non-hydrogen) atoms. The quantitative estimate of drug-likeness (QED) is 0.650. The normalized spacial score (nSPS) is 12.4. The molecule has 0 saturated carbocycles. The smallest absolute Gasteiger partial charge is 0.303 e. The monoisotopic (exact) mass is 195 g/mol. The van der Waals surface area contributed by atoms with E-state index in [9.17, 15) is 4.79 Å². The van der Waals surface area contributed by atoms with Gasteiger partial charge in [0.15, 0.2) is 0 Å². The molecule has 1 rings (SSSR count). The maximum Gasteiger partial charge on any atom is 0.303 e. The summed E-state index contributed by atoms with van der Waals surface area (Å²) in [5, 5.41) is 8.47. The molecule has 0 fully saturated rings. The van der Waals surface area contributed by atoms with E-state index in [0.29, 0.717) is 12.1 Å².